The van der Waals surface area contributed by atoms with Crippen LogP contribution in [0.2, 0.25) is 0 Å². The van der Waals surface area contributed by atoms with Gasteiger partial charge in [0.1, 0.15) is 5.69 Å². The summed E-state index contributed by atoms with van der Waals surface area (Å²) in [6, 6.07) is 21.3. The van der Waals surface area contributed by atoms with Crippen molar-refractivity contribution in [2.24, 2.45) is 0 Å². The molecule has 1 heterocycles. The molecule has 2 aromatic carbocycles. The minimum Gasteiger partial charge on any atom is -0.347 e. The Hall–Kier alpha value is -3.21. The fourth-order valence-electron chi connectivity index (χ4n) is 2.46. The van der Waals surface area contributed by atoms with E-state index in [2.05, 4.69) is 15.3 Å². The number of hydrogen-bond acceptors (Lipinski definition) is 4. The van der Waals surface area contributed by atoms with Gasteiger partial charge in [0.15, 0.2) is 0 Å². The molecule has 1 N–H and O–H groups in total. The Kier molecular flexibility index (Phi) is 5.04. The summed E-state index contributed by atoms with van der Waals surface area (Å²) in [4.78, 5) is 23.2. The van der Waals surface area contributed by atoms with Crippen molar-refractivity contribution >= 4 is 17.5 Å². The largest absolute Gasteiger partial charge is 0.347 e. The van der Waals surface area contributed by atoms with Crippen molar-refractivity contribution < 1.29 is 4.79 Å². The van der Waals surface area contributed by atoms with E-state index in [1.165, 1.54) is 0 Å². The summed E-state index contributed by atoms with van der Waals surface area (Å²) in [6.07, 6.45) is 0. The van der Waals surface area contributed by atoms with E-state index in [1.54, 1.807) is 6.07 Å². The molecule has 0 saturated heterocycles. The number of anilines is 2. The molecule has 0 aliphatic rings. The van der Waals surface area contributed by atoms with Crippen LogP contribution >= 0.6 is 0 Å². The van der Waals surface area contributed by atoms with Crippen LogP contribution in [0, 0.1) is 6.92 Å². The summed E-state index contributed by atoms with van der Waals surface area (Å²) in [7, 11) is 1.88. The maximum Gasteiger partial charge on any atom is 0.270 e. The van der Waals surface area contributed by atoms with Gasteiger partial charge in [0, 0.05) is 25.0 Å². The zero-order valence-corrected chi connectivity index (χ0v) is 14.3. The molecule has 25 heavy (non-hydrogen) atoms. The van der Waals surface area contributed by atoms with Gasteiger partial charge in [0.2, 0.25) is 5.95 Å². The minimum absolute atomic E-state index is 0.211. The number of aryl methyl sites for hydroxylation is 1. The van der Waals surface area contributed by atoms with Crippen LogP contribution in [0.15, 0.2) is 66.7 Å². The third-order valence-corrected chi connectivity index (χ3v) is 3.81. The van der Waals surface area contributed by atoms with Crippen LogP contribution in [0.25, 0.3) is 0 Å². The second kappa shape index (κ2) is 7.57. The van der Waals surface area contributed by atoms with E-state index in [0.29, 0.717) is 18.2 Å². The first-order valence-corrected chi connectivity index (χ1v) is 8.10. The number of nitrogens with one attached hydrogen (secondary N) is 1. The smallest absolute Gasteiger partial charge is 0.270 e. The van der Waals surface area contributed by atoms with E-state index in [1.807, 2.05) is 79.5 Å². The number of para-hydroxylation sites is 1. The van der Waals surface area contributed by atoms with E-state index in [9.17, 15) is 4.79 Å². The second-order valence-corrected chi connectivity index (χ2v) is 5.76. The molecule has 1 amide bonds. The normalized spacial score (nSPS) is 10.3. The molecule has 3 aromatic rings. The highest BCUT2D eigenvalue weighted by atomic mass is 16.1. The molecule has 0 atom stereocenters. The van der Waals surface area contributed by atoms with Crippen molar-refractivity contribution in [1.82, 2.24) is 15.3 Å². The number of hydrogen-bond donors (Lipinski definition) is 1. The molecule has 126 valence electrons. The molecular formula is C20H20N4O. The molecular weight excluding hydrogens is 312 g/mol. The van der Waals surface area contributed by atoms with E-state index >= 15 is 0 Å². The molecule has 0 aliphatic carbocycles. The Morgan fingerprint density at radius 3 is 2.32 bits per heavy atom. The standard InChI is InChI=1S/C20H20N4O/c1-15-13-18(19(25)21-14-16-9-5-3-6-10-16)23-20(22-15)24(2)17-11-7-4-8-12-17/h3-13H,14H2,1-2H3,(H,21,25). The molecule has 0 bridgehead atoms. The van der Waals surface area contributed by atoms with E-state index in [0.717, 1.165) is 16.9 Å². The summed E-state index contributed by atoms with van der Waals surface area (Å²) in [5.74, 6) is 0.285. The molecule has 0 radical (unpaired) electrons. The van der Waals surface area contributed by atoms with Gasteiger partial charge in [0.25, 0.3) is 5.91 Å². The van der Waals surface area contributed by atoms with E-state index < -0.39 is 0 Å². The van der Waals surface area contributed by atoms with Gasteiger partial charge in [-0.25, -0.2) is 9.97 Å². The number of amides is 1. The Labute approximate surface area is 147 Å². The molecule has 0 fully saturated rings. The monoisotopic (exact) mass is 332 g/mol. The zero-order valence-electron chi connectivity index (χ0n) is 14.3. The van der Waals surface area contributed by atoms with Crippen LogP contribution in [0.1, 0.15) is 21.7 Å². The maximum atomic E-state index is 12.5. The second-order valence-electron chi connectivity index (χ2n) is 5.76. The number of rotatable bonds is 5. The van der Waals surface area contributed by atoms with Crippen LogP contribution in [0.4, 0.5) is 11.6 Å². The maximum absolute atomic E-state index is 12.5. The van der Waals surface area contributed by atoms with E-state index in [4.69, 9.17) is 0 Å². The lowest BCUT2D eigenvalue weighted by Crippen LogP contribution is -2.25. The molecule has 5 heteroatoms. The molecule has 1 aromatic heterocycles. The first-order valence-electron chi connectivity index (χ1n) is 8.10. The van der Waals surface area contributed by atoms with Gasteiger partial charge < -0.3 is 10.2 Å². The number of benzene rings is 2. The van der Waals surface area contributed by atoms with Gasteiger partial charge in [0.05, 0.1) is 0 Å². The van der Waals surface area contributed by atoms with Crippen molar-refractivity contribution in [2.45, 2.75) is 13.5 Å². The lowest BCUT2D eigenvalue weighted by molar-refractivity contribution is 0.0945. The number of carbonyl (C=O) groups excluding carboxylic acids is 1. The number of nitrogens with zero attached hydrogens (tertiary/aromatic N) is 3. The minimum atomic E-state index is -0.211. The summed E-state index contributed by atoms with van der Waals surface area (Å²) in [5, 5.41) is 2.90. The highest BCUT2D eigenvalue weighted by Gasteiger charge is 2.13. The zero-order chi connectivity index (χ0) is 17.6. The third-order valence-electron chi connectivity index (χ3n) is 3.81. The van der Waals surface area contributed by atoms with Gasteiger partial charge in [-0.05, 0) is 30.7 Å². The molecule has 3 rings (SSSR count). The first kappa shape index (κ1) is 16.6. The fraction of sp³-hybridized carbons (Fsp3) is 0.150. The van der Waals surface area contributed by atoms with Crippen LogP contribution < -0.4 is 10.2 Å². The number of aromatic nitrogens is 2. The van der Waals surface area contributed by atoms with Crippen LogP contribution in [0.3, 0.4) is 0 Å². The molecule has 0 aliphatic heterocycles. The highest BCUT2D eigenvalue weighted by molar-refractivity contribution is 5.92. The summed E-state index contributed by atoms with van der Waals surface area (Å²) in [6.45, 7) is 2.32. The summed E-state index contributed by atoms with van der Waals surface area (Å²) < 4.78 is 0. The van der Waals surface area contributed by atoms with Crippen LogP contribution in [0.5, 0.6) is 0 Å². The third kappa shape index (κ3) is 4.20. The quantitative estimate of drug-likeness (QED) is 0.777. The highest BCUT2D eigenvalue weighted by Crippen LogP contribution is 2.20. The van der Waals surface area contributed by atoms with Gasteiger partial charge in [-0.15, -0.1) is 0 Å². The first-order chi connectivity index (χ1) is 12.1. The van der Waals surface area contributed by atoms with Gasteiger partial charge in [-0.1, -0.05) is 48.5 Å². The van der Waals surface area contributed by atoms with Crippen molar-refractivity contribution in [2.75, 3.05) is 11.9 Å². The fourth-order valence-corrected chi connectivity index (χ4v) is 2.46. The molecule has 0 spiro atoms. The summed E-state index contributed by atoms with van der Waals surface area (Å²) in [5.41, 5.74) is 3.12. The van der Waals surface area contributed by atoms with Gasteiger partial charge in [-0.3, -0.25) is 4.79 Å². The average Bonchev–Trinajstić information content (AvgIpc) is 2.66. The predicted molar refractivity (Wildman–Crippen MR) is 98.9 cm³/mol. The average molecular weight is 332 g/mol. The Balaban J connectivity index is 1.78. The lowest BCUT2D eigenvalue weighted by atomic mass is 10.2. The predicted octanol–water partition coefficient (Wildman–Crippen LogP) is 3.48. The molecule has 0 unspecified atom stereocenters. The Bertz CT molecular complexity index is 850. The van der Waals surface area contributed by atoms with Crippen LogP contribution in [-0.2, 0) is 6.54 Å². The Morgan fingerprint density at radius 2 is 1.64 bits per heavy atom. The van der Waals surface area contributed by atoms with Crippen molar-refractivity contribution in [3.8, 4) is 0 Å². The SMILES string of the molecule is Cc1cc(C(=O)NCc2ccccc2)nc(N(C)c2ccccc2)n1. The number of carbonyl (C=O) groups is 1. The topological polar surface area (TPSA) is 58.1 Å². The van der Waals surface area contributed by atoms with Crippen molar-refractivity contribution in [3.05, 3.63) is 83.7 Å². The van der Waals surface area contributed by atoms with Crippen LogP contribution in [-0.4, -0.2) is 22.9 Å². The van der Waals surface area contributed by atoms with Gasteiger partial charge >= 0.3 is 0 Å². The lowest BCUT2D eigenvalue weighted by Gasteiger charge is -2.18. The van der Waals surface area contributed by atoms with E-state index in [-0.39, 0.29) is 5.91 Å². The molecule has 0 saturated carbocycles. The Morgan fingerprint density at radius 1 is 1.00 bits per heavy atom. The van der Waals surface area contributed by atoms with Crippen molar-refractivity contribution in [1.29, 1.82) is 0 Å². The van der Waals surface area contributed by atoms with Gasteiger partial charge in [-0.2, -0.15) is 0 Å². The van der Waals surface area contributed by atoms with Crippen molar-refractivity contribution in [3.63, 3.8) is 0 Å². The summed E-state index contributed by atoms with van der Waals surface area (Å²) >= 11 is 0. The molecule has 5 nitrogen and oxygen atoms in total.